The number of nitro groups is 1. The molecule has 6 nitrogen and oxygen atoms in total. The number of anilines is 1. The van der Waals surface area contributed by atoms with Crippen molar-refractivity contribution in [2.75, 3.05) is 18.0 Å². The van der Waals surface area contributed by atoms with E-state index in [0.717, 1.165) is 30.5 Å². The molecule has 3 rings (SSSR count). The van der Waals surface area contributed by atoms with Gasteiger partial charge in [-0.2, -0.15) is 0 Å². The lowest BCUT2D eigenvalue weighted by Crippen LogP contribution is -2.44. The predicted molar refractivity (Wildman–Crippen MR) is 82.4 cm³/mol. The second kappa shape index (κ2) is 5.65. The smallest absolute Gasteiger partial charge is 0.277 e. The third-order valence-corrected chi connectivity index (χ3v) is 4.18. The van der Waals surface area contributed by atoms with Gasteiger partial charge in [0.25, 0.3) is 5.69 Å². The molecule has 1 saturated heterocycles. The minimum Gasteiger partial charge on any atom is -0.367 e. The highest BCUT2D eigenvalue weighted by atomic mass is 16.6. The number of benzene rings is 1. The molecule has 0 radical (unpaired) electrons. The van der Waals surface area contributed by atoms with Crippen molar-refractivity contribution in [3.63, 3.8) is 0 Å². The molecule has 0 bridgehead atoms. The van der Waals surface area contributed by atoms with Crippen LogP contribution in [0.3, 0.4) is 0 Å². The number of piperidine rings is 1. The summed E-state index contributed by atoms with van der Waals surface area (Å²) in [6.07, 6.45) is 6.67. The molecular formula is C15H18N4O2. The molecule has 0 aliphatic carbocycles. The van der Waals surface area contributed by atoms with Gasteiger partial charge in [-0.25, -0.2) is 0 Å². The van der Waals surface area contributed by atoms with Crippen molar-refractivity contribution in [2.24, 2.45) is 5.73 Å². The maximum absolute atomic E-state index is 11.2. The van der Waals surface area contributed by atoms with Crippen LogP contribution < -0.4 is 10.6 Å². The van der Waals surface area contributed by atoms with Crippen molar-refractivity contribution in [3.05, 3.63) is 40.7 Å². The number of rotatable bonds is 3. The number of nitrogens with zero attached hydrogens (tertiary/aromatic N) is 3. The van der Waals surface area contributed by atoms with Crippen LogP contribution in [0.25, 0.3) is 10.8 Å². The number of aromatic nitrogens is 1. The van der Waals surface area contributed by atoms with E-state index in [9.17, 15) is 10.1 Å². The highest BCUT2D eigenvalue weighted by Crippen LogP contribution is 2.35. The van der Waals surface area contributed by atoms with Crippen LogP contribution in [0.5, 0.6) is 0 Å². The zero-order valence-corrected chi connectivity index (χ0v) is 11.7. The largest absolute Gasteiger partial charge is 0.367 e. The standard InChI is InChI=1S/C15H18N4O2/c16-9-11-3-1-2-8-18(11)14-4-5-15(19(20)21)12-6-7-17-10-13(12)14/h4-7,10-11H,1-3,8-9,16H2. The number of nitro benzene ring substituents is 1. The first-order valence-electron chi connectivity index (χ1n) is 7.20. The summed E-state index contributed by atoms with van der Waals surface area (Å²) in [6.45, 7) is 1.53. The molecule has 2 heterocycles. The lowest BCUT2D eigenvalue weighted by atomic mass is 9.99. The van der Waals surface area contributed by atoms with Gasteiger partial charge >= 0.3 is 0 Å². The number of fused-ring (bicyclic) bond motifs is 1. The van der Waals surface area contributed by atoms with Crippen molar-refractivity contribution in [1.29, 1.82) is 0 Å². The topological polar surface area (TPSA) is 85.3 Å². The Balaban J connectivity index is 2.15. The molecule has 0 amide bonds. The van der Waals surface area contributed by atoms with Crippen LogP contribution in [0, 0.1) is 10.1 Å². The third-order valence-electron chi connectivity index (χ3n) is 4.18. The summed E-state index contributed by atoms with van der Waals surface area (Å²) in [7, 11) is 0. The lowest BCUT2D eigenvalue weighted by molar-refractivity contribution is -0.383. The summed E-state index contributed by atoms with van der Waals surface area (Å²) in [5.74, 6) is 0. The van der Waals surface area contributed by atoms with Gasteiger partial charge in [0.15, 0.2) is 0 Å². The quantitative estimate of drug-likeness (QED) is 0.692. The number of non-ortho nitro benzene ring substituents is 1. The van der Waals surface area contributed by atoms with Crippen LogP contribution in [0.1, 0.15) is 19.3 Å². The van der Waals surface area contributed by atoms with Gasteiger partial charge in [-0.05, 0) is 31.4 Å². The van der Waals surface area contributed by atoms with E-state index < -0.39 is 0 Å². The van der Waals surface area contributed by atoms with Gasteiger partial charge in [0.2, 0.25) is 0 Å². The molecule has 21 heavy (non-hydrogen) atoms. The van der Waals surface area contributed by atoms with Gasteiger partial charge in [-0.1, -0.05) is 0 Å². The SMILES string of the molecule is NCC1CCCCN1c1ccc([N+](=O)[O-])c2ccncc12. The molecule has 0 saturated carbocycles. The van der Waals surface area contributed by atoms with Crippen molar-refractivity contribution in [3.8, 4) is 0 Å². The molecule has 1 aromatic carbocycles. The minimum absolute atomic E-state index is 0.123. The van der Waals surface area contributed by atoms with E-state index in [-0.39, 0.29) is 10.6 Å². The monoisotopic (exact) mass is 286 g/mol. The van der Waals surface area contributed by atoms with Crippen LogP contribution in [0.2, 0.25) is 0 Å². The Morgan fingerprint density at radius 2 is 2.19 bits per heavy atom. The molecule has 0 spiro atoms. The molecule has 110 valence electrons. The Labute approximate surface area is 122 Å². The van der Waals surface area contributed by atoms with Gasteiger partial charge in [0, 0.05) is 48.7 Å². The average Bonchev–Trinajstić information content (AvgIpc) is 2.53. The van der Waals surface area contributed by atoms with Crippen LogP contribution in [0.4, 0.5) is 11.4 Å². The van der Waals surface area contributed by atoms with Crippen LogP contribution in [-0.2, 0) is 0 Å². The molecule has 1 unspecified atom stereocenters. The fraction of sp³-hybridized carbons (Fsp3) is 0.400. The molecule has 1 aliphatic heterocycles. The van der Waals surface area contributed by atoms with E-state index in [4.69, 9.17) is 5.73 Å². The number of pyridine rings is 1. The van der Waals surface area contributed by atoms with Gasteiger partial charge < -0.3 is 10.6 Å². The van der Waals surface area contributed by atoms with E-state index in [1.807, 2.05) is 6.07 Å². The first-order valence-corrected chi connectivity index (χ1v) is 7.20. The van der Waals surface area contributed by atoms with Gasteiger partial charge in [-0.15, -0.1) is 0 Å². The Morgan fingerprint density at radius 1 is 1.33 bits per heavy atom. The average molecular weight is 286 g/mol. The number of nitrogens with two attached hydrogens (primary N) is 1. The zero-order chi connectivity index (χ0) is 14.8. The van der Waals surface area contributed by atoms with E-state index in [1.54, 1.807) is 24.5 Å². The number of hydrogen-bond donors (Lipinski definition) is 1. The molecule has 6 heteroatoms. The summed E-state index contributed by atoms with van der Waals surface area (Å²) in [5, 5.41) is 12.6. The van der Waals surface area contributed by atoms with Crippen LogP contribution in [-0.4, -0.2) is 29.0 Å². The van der Waals surface area contributed by atoms with E-state index >= 15 is 0 Å². The molecule has 1 atom stereocenters. The predicted octanol–water partition coefficient (Wildman–Crippen LogP) is 2.46. The van der Waals surface area contributed by atoms with Crippen LogP contribution >= 0.6 is 0 Å². The first-order chi connectivity index (χ1) is 10.2. The van der Waals surface area contributed by atoms with E-state index in [1.165, 1.54) is 6.42 Å². The van der Waals surface area contributed by atoms with E-state index in [0.29, 0.717) is 18.0 Å². The first kappa shape index (κ1) is 13.8. The summed E-state index contributed by atoms with van der Waals surface area (Å²) in [6, 6.07) is 5.41. The van der Waals surface area contributed by atoms with Crippen molar-refractivity contribution in [2.45, 2.75) is 25.3 Å². The summed E-state index contributed by atoms with van der Waals surface area (Å²) in [4.78, 5) is 17.2. The third kappa shape index (κ3) is 2.42. The maximum Gasteiger partial charge on any atom is 0.277 e. The number of hydrogen-bond acceptors (Lipinski definition) is 5. The fourth-order valence-electron chi connectivity index (χ4n) is 3.13. The molecule has 1 aromatic heterocycles. The van der Waals surface area contributed by atoms with Crippen molar-refractivity contribution < 1.29 is 4.92 Å². The Bertz CT molecular complexity index is 674. The summed E-state index contributed by atoms with van der Waals surface area (Å²) < 4.78 is 0. The Morgan fingerprint density at radius 3 is 2.95 bits per heavy atom. The lowest BCUT2D eigenvalue weighted by Gasteiger charge is -2.37. The highest BCUT2D eigenvalue weighted by Gasteiger charge is 2.24. The van der Waals surface area contributed by atoms with Crippen molar-refractivity contribution >= 4 is 22.1 Å². The Kier molecular flexibility index (Phi) is 3.70. The molecule has 2 N–H and O–H groups in total. The molecular weight excluding hydrogens is 268 g/mol. The summed E-state index contributed by atoms with van der Waals surface area (Å²) in [5.41, 5.74) is 7.01. The van der Waals surface area contributed by atoms with Crippen molar-refractivity contribution in [1.82, 2.24) is 4.98 Å². The zero-order valence-electron chi connectivity index (χ0n) is 11.7. The summed E-state index contributed by atoms with van der Waals surface area (Å²) >= 11 is 0. The normalized spacial score (nSPS) is 18.9. The van der Waals surface area contributed by atoms with Gasteiger partial charge in [-0.3, -0.25) is 15.1 Å². The van der Waals surface area contributed by atoms with Gasteiger partial charge in [0.1, 0.15) is 0 Å². The second-order valence-electron chi connectivity index (χ2n) is 5.36. The molecule has 1 fully saturated rings. The van der Waals surface area contributed by atoms with Gasteiger partial charge in [0.05, 0.1) is 10.3 Å². The molecule has 1 aliphatic rings. The van der Waals surface area contributed by atoms with E-state index in [2.05, 4.69) is 9.88 Å². The highest BCUT2D eigenvalue weighted by molar-refractivity contribution is 5.99. The molecule has 2 aromatic rings. The minimum atomic E-state index is -0.345. The van der Waals surface area contributed by atoms with Crippen LogP contribution in [0.15, 0.2) is 30.6 Å². The second-order valence-corrected chi connectivity index (χ2v) is 5.36. The Hall–Kier alpha value is -2.21. The maximum atomic E-state index is 11.2. The fourth-order valence-corrected chi connectivity index (χ4v) is 3.13.